The number of anilines is 1. The van der Waals surface area contributed by atoms with Gasteiger partial charge < -0.3 is 4.42 Å². The number of nitrogens with zero attached hydrogens (tertiary/aromatic N) is 2. The molecule has 0 saturated carbocycles. The molecule has 0 aliphatic carbocycles. The standard InChI is InChI=1S/C18H16BrN3O2S/c1-11(2)25-13-7-5-6-12(10-13)17-21-22-18(24-17)20-16(23)14-8-3-4-9-15(14)19/h3-11H,1-2H3,(H,20,22,23). The van der Waals surface area contributed by atoms with Crippen LogP contribution >= 0.6 is 27.7 Å². The van der Waals surface area contributed by atoms with Gasteiger partial charge in [0.1, 0.15) is 0 Å². The lowest BCUT2D eigenvalue weighted by molar-refractivity contribution is 0.102. The summed E-state index contributed by atoms with van der Waals surface area (Å²) in [6.45, 7) is 4.28. The first-order valence-electron chi connectivity index (χ1n) is 7.69. The molecule has 3 aromatic rings. The Morgan fingerprint density at radius 1 is 1.16 bits per heavy atom. The summed E-state index contributed by atoms with van der Waals surface area (Å²) >= 11 is 5.11. The van der Waals surface area contributed by atoms with Crippen LogP contribution in [0.1, 0.15) is 24.2 Å². The number of amides is 1. The monoisotopic (exact) mass is 417 g/mol. The van der Waals surface area contributed by atoms with Crippen molar-refractivity contribution in [1.29, 1.82) is 0 Å². The van der Waals surface area contributed by atoms with Crippen LogP contribution in [0.25, 0.3) is 11.5 Å². The quantitative estimate of drug-likeness (QED) is 0.573. The zero-order chi connectivity index (χ0) is 17.8. The zero-order valence-corrected chi connectivity index (χ0v) is 16.1. The molecule has 0 saturated heterocycles. The lowest BCUT2D eigenvalue weighted by atomic mass is 10.2. The van der Waals surface area contributed by atoms with Crippen molar-refractivity contribution in [2.45, 2.75) is 24.0 Å². The van der Waals surface area contributed by atoms with E-state index < -0.39 is 0 Å². The highest BCUT2D eigenvalue weighted by atomic mass is 79.9. The van der Waals surface area contributed by atoms with Gasteiger partial charge in [-0.25, -0.2) is 0 Å². The summed E-state index contributed by atoms with van der Waals surface area (Å²) < 4.78 is 6.28. The van der Waals surface area contributed by atoms with Crippen LogP contribution in [-0.2, 0) is 0 Å². The van der Waals surface area contributed by atoms with Gasteiger partial charge >= 0.3 is 6.01 Å². The molecule has 1 N–H and O–H groups in total. The first-order valence-corrected chi connectivity index (χ1v) is 9.36. The predicted molar refractivity (Wildman–Crippen MR) is 103 cm³/mol. The van der Waals surface area contributed by atoms with Gasteiger partial charge in [-0.15, -0.1) is 16.9 Å². The second-order valence-electron chi connectivity index (χ2n) is 5.54. The third kappa shape index (κ3) is 4.49. The molecule has 3 rings (SSSR count). The van der Waals surface area contributed by atoms with Gasteiger partial charge in [-0.1, -0.05) is 37.1 Å². The summed E-state index contributed by atoms with van der Waals surface area (Å²) in [7, 11) is 0. The lowest BCUT2D eigenvalue weighted by Crippen LogP contribution is -2.12. The number of rotatable bonds is 5. The molecular weight excluding hydrogens is 402 g/mol. The third-order valence-electron chi connectivity index (χ3n) is 3.22. The second-order valence-corrected chi connectivity index (χ2v) is 8.05. The molecule has 2 aromatic carbocycles. The average Bonchev–Trinajstić information content (AvgIpc) is 3.03. The molecule has 0 bridgehead atoms. The summed E-state index contributed by atoms with van der Waals surface area (Å²) in [5.74, 6) is 0.0559. The van der Waals surface area contributed by atoms with Crippen LogP contribution in [0.3, 0.4) is 0 Å². The molecule has 0 atom stereocenters. The highest BCUT2D eigenvalue weighted by Crippen LogP contribution is 2.28. The zero-order valence-electron chi connectivity index (χ0n) is 13.7. The summed E-state index contributed by atoms with van der Waals surface area (Å²) in [5, 5.41) is 11.0. The summed E-state index contributed by atoms with van der Waals surface area (Å²) in [5.41, 5.74) is 1.32. The van der Waals surface area contributed by atoms with Crippen LogP contribution in [-0.4, -0.2) is 21.4 Å². The van der Waals surface area contributed by atoms with E-state index in [9.17, 15) is 4.79 Å². The van der Waals surface area contributed by atoms with E-state index in [4.69, 9.17) is 4.42 Å². The third-order valence-corrected chi connectivity index (χ3v) is 4.91. The van der Waals surface area contributed by atoms with E-state index in [0.29, 0.717) is 21.2 Å². The maximum absolute atomic E-state index is 12.3. The minimum absolute atomic E-state index is 0.0673. The van der Waals surface area contributed by atoms with Gasteiger partial charge in [0.15, 0.2) is 0 Å². The Labute approximate surface area is 158 Å². The molecule has 1 aromatic heterocycles. The fraction of sp³-hybridized carbons (Fsp3) is 0.167. The van der Waals surface area contributed by atoms with Gasteiger partial charge in [-0.2, -0.15) is 0 Å². The summed E-state index contributed by atoms with van der Waals surface area (Å²) in [6, 6.07) is 15.1. The summed E-state index contributed by atoms with van der Waals surface area (Å²) in [4.78, 5) is 13.4. The topological polar surface area (TPSA) is 68.0 Å². The van der Waals surface area contributed by atoms with Crippen LogP contribution < -0.4 is 5.32 Å². The number of thioether (sulfide) groups is 1. The van der Waals surface area contributed by atoms with Crippen molar-refractivity contribution in [3.63, 3.8) is 0 Å². The number of hydrogen-bond acceptors (Lipinski definition) is 5. The van der Waals surface area contributed by atoms with Gasteiger partial charge in [0, 0.05) is 20.2 Å². The lowest BCUT2D eigenvalue weighted by Gasteiger charge is -2.05. The van der Waals surface area contributed by atoms with Crippen molar-refractivity contribution in [2.24, 2.45) is 0 Å². The van der Waals surface area contributed by atoms with Crippen LogP contribution in [0.2, 0.25) is 0 Å². The second kappa shape index (κ2) is 7.84. The Morgan fingerprint density at radius 3 is 2.72 bits per heavy atom. The Hall–Kier alpha value is -2.12. The average molecular weight is 418 g/mol. The van der Waals surface area contributed by atoms with E-state index in [0.717, 1.165) is 10.5 Å². The van der Waals surface area contributed by atoms with E-state index in [1.165, 1.54) is 0 Å². The normalized spacial score (nSPS) is 10.9. The smallest absolute Gasteiger partial charge is 0.322 e. The molecule has 1 amide bonds. The van der Waals surface area contributed by atoms with Crippen molar-refractivity contribution < 1.29 is 9.21 Å². The molecule has 0 aliphatic heterocycles. The fourth-order valence-corrected chi connectivity index (χ4v) is 3.54. The van der Waals surface area contributed by atoms with Crippen molar-refractivity contribution in [3.05, 3.63) is 58.6 Å². The highest BCUT2D eigenvalue weighted by molar-refractivity contribution is 9.10. The SMILES string of the molecule is CC(C)Sc1cccc(-c2nnc(NC(=O)c3ccccc3Br)o2)c1. The number of aromatic nitrogens is 2. The van der Waals surface area contributed by atoms with Gasteiger partial charge in [0.05, 0.1) is 5.56 Å². The number of nitrogens with one attached hydrogen (secondary N) is 1. The Kier molecular flexibility index (Phi) is 5.55. The van der Waals surface area contributed by atoms with Crippen molar-refractivity contribution >= 4 is 39.6 Å². The molecule has 1 heterocycles. The van der Waals surface area contributed by atoms with E-state index >= 15 is 0 Å². The van der Waals surface area contributed by atoms with Crippen molar-refractivity contribution in [1.82, 2.24) is 10.2 Å². The van der Waals surface area contributed by atoms with Gasteiger partial charge in [-0.05, 0) is 46.3 Å². The molecule has 128 valence electrons. The van der Waals surface area contributed by atoms with Gasteiger partial charge in [-0.3, -0.25) is 10.1 Å². The molecule has 0 radical (unpaired) electrons. The van der Waals surface area contributed by atoms with Crippen molar-refractivity contribution in [2.75, 3.05) is 5.32 Å². The van der Waals surface area contributed by atoms with Crippen LogP contribution in [0, 0.1) is 0 Å². The van der Waals surface area contributed by atoms with Crippen molar-refractivity contribution in [3.8, 4) is 11.5 Å². The van der Waals surface area contributed by atoms with E-state index in [-0.39, 0.29) is 11.9 Å². The first kappa shape index (κ1) is 17.7. The predicted octanol–water partition coefficient (Wildman–Crippen LogP) is 5.25. The Bertz CT molecular complexity index is 895. The number of carbonyl (C=O) groups is 1. The number of carbonyl (C=O) groups excluding carboxylic acids is 1. The Morgan fingerprint density at radius 2 is 1.96 bits per heavy atom. The minimum atomic E-state index is -0.313. The van der Waals surface area contributed by atoms with Gasteiger partial charge in [0.2, 0.25) is 5.89 Å². The summed E-state index contributed by atoms with van der Waals surface area (Å²) in [6.07, 6.45) is 0. The number of hydrogen-bond donors (Lipinski definition) is 1. The van der Waals surface area contributed by atoms with E-state index in [1.807, 2.05) is 30.3 Å². The first-order chi connectivity index (χ1) is 12.0. The fourth-order valence-electron chi connectivity index (χ4n) is 2.17. The van der Waals surface area contributed by atoms with Crippen LogP contribution in [0.5, 0.6) is 0 Å². The highest BCUT2D eigenvalue weighted by Gasteiger charge is 2.15. The van der Waals surface area contributed by atoms with Crippen LogP contribution in [0.15, 0.2) is 62.3 Å². The Balaban J connectivity index is 1.77. The molecule has 0 aliphatic rings. The minimum Gasteiger partial charge on any atom is -0.403 e. The molecule has 5 nitrogen and oxygen atoms in total. The van der Waals surface area contributed by atoms with Crippen LogP contribution in [0.4, 0.5) is 6.01 Å². The molecule has 0 fully saturated rings. The largest absolute Gasteiger partial charge is 0.403 e. The molecule has 0 spiro atoms. The molecule has 25 heavy (non-hydrogen) atoms. The van der Waals surface area contributed by atoms with Gasteiger partial charge in [0.25, 0.3) is 5.91 Å². The molecular formula is C18H16BrN3O2S. The number of halogens is 1. The molecule has 0 unspecified atom stereocenters. The van der Waals surface area contributed by atoms with E-state index in [2.05, 4.69) is 45.3 Å². The maximum atomic E-state index is 12.3. The maximum Gasteiger partial charge on any atom is 0.322 e. The molecule has 7 heteroatoms. The number of benzene rings is 2. The van der Waals surface area contributed by atoms with E-state index in [1.54, 1.807) is 30.0 Å².